The Bertz CT molecular complexity index is 781. The summed E-state index contributed by atoms with van der Waals surface area (Å²) in [4.78, 5) is 25.5. The molecule has 0 fully saturated rings. The minimum absolute atomic E-state index is 0.0931. The van der Waals surface area contributed by atoms with Crippen LogP contribution in [0, 0.1) is 0 Å². The second-order valence-corrected chi connectivity index (χ2v) is 6.18. The Labute approximate surface area is 156 Å². The van der Waals surface area contributed by atoms with Crippen molar-refractivity contribution in [2.45, 2.75) is 13.5 Å². The summed E-state index contributed by atoms with van der Waals surface area (Å²) in [6, 6.07) is 12.1. The number of anilines is 1. The quantitative estimate of drug-likeness (QED) is 0.823. The van der Waals surface area contributed by atoms with Gasteiger partial charge in [-0.3, -0.25) is 9.59 Å². The van der Waals surface area contributed by atoms with Crippen LogP contribution in [0.1, 0.15) is 12.5 Å². The number of ether oxygens (including phenoxy) is 1. The fourth-order valence-electron chi connectivity index (χ4n) is 2.23. The minimum Gasteiger partial charge on any atom is -0.495 e. The number of hydrogen-bond acceptors (Lipinski definition) is 3. The Morgan fingerprint density at radius 1 is 1.12 bits per heavy atom. The van der Waals surface area contributed by atoms with Gasteiger partial charge < -0.3 is 15.0 Å². The number of nitrogens with zero attached hydrogens (tertiary/aromatic N) is 1. The van der Waals surface area contributed by atoms with Crippen LogP contribution in [0.15, 0.2) is 42.5 Å². The molecule has 0 saturated carbocycles. The van der Waals surface area contributed by atoms with Crippen molar-refractivity contribution in [3.63, 3.8) is 0 Å². The van der Waals surface area contributed by atoms with Gasteiger partial charge in [-0.25, -0.2) is 0 Å². The Balaban J connectivity index is 2.04. The average Bonchev–Trinajstić information content (AvgIpc) is 2.56. The number of nitrogens with one attached hydrogen (secondary N) is 1. The Hall–Kier alpha value is -2.24. The van der Waals surface area contributed by atoms with Crippen LogP contribution in [-0.4, -0.2) is 30.4 Å². The van der Waals surface area contributed by atoms with Crippen LogP contribution in [-0.2, 0) is 16.1 Å². The van der Waals surface area contributed by atoms with Crippen molar-refractivity contribution in [3.8, 4) is 5.75 Å². The van der Waals surface area contributed by atoms with Gasteiger partial charge in [0.15, 0.2) is 0 Å². The monoisotopic (exact) mass is 380 g/mol. The summed E-state index contributed by atoms with van der Waals surface area (Å²) in [7, 11) is 1.51. The van der Waals surface area contributed by atoms with E-state index in [0.717, 1.165) is 5.56 Å². The van der Waals surface area contributed by atoms with Crippen molar-refractivity contribution in [2.24, 2.45) is 0 Å². The van der Waals surface area contributed by atoms with Crippen LogP contribution < -0.4 is 10.1 Å². The van der Waals surface area contributed by atoms with Crippen LogP contribution in [0.2, 0.25) is 10.0 Å². The van der Waals surface area contributed by atoms with E-state index in [9.17, 15) is 9.59 Å². The largest absolute Gasteiger partial charge is 0.495 e. The number of benzene rings is 2. The third-order valence-corrected chi connectivity index (χ3v) is 4.20. The predicted molar refractivity (Wildman–Crippen MR) is 99.2 cm³/mol. The zero-order chi connectivity index (χ0) is 18.4. The molecule has 2 rings (SSSR count). The van der Waals surface area contributed by atoms with Gasteiger partial charge in [0.25, 0.3) is 0 Å². The van der Waals surface area contributed by atoms with Gasteiger partial charge in [-0.2, -0.15) is 0 Å². The minimum atomic E-state index is -0.330. The highest BCUT2D eigenvalue weighted by Gasteiger charge is 2.16. The van der Waals surface area contributed by atoms with Crippen molar-refractivity contribution < 1.29 is 14.3 Å². The number of methoxy groups -OCH3 is 1. The number of halogens is 2. The highest BCUT2D eigenvalue weighted by atomic mass is 35.5. The van der Waals surface area contributed by atoms with Gasteiger partial charge in [0.1, 0.15) is 12.3 Å². The zero-order valence-corrected chi connectivity index (χ0v) is 15.4. The topological polar surface area (TPSA) is 58.6 Å². The zero-order valence-electron chi connectivity index (χ0n) is 13.9. The fraction of sp³-hybridized carbons (Fsp3) is 0.222. The van der Waals surface area contributed by atoms with Crippen LogP contribution in [0.25, 0.3) is 0 Å². The lowest BCUT2D eigenvalue weighted by molar-refractivity contribution is -0.133. The molecule has 0 aromatic heterocycles. The van der Waals surface area contributed by atoms with Crippen molar-refractivity contribution in [2.75, 3.05) is 19.0 Å². The Morgan fingerprint density at radius 2 is 1.84 bits per heavy atom. The smallest absolute Gasteiger partial charge is 0.244 e. The normalized spacial score (nSPS) is 10.2. The molecule has 0 heterocycles. The molecule has 0 aliphatic carbocycles. The average molecular weight is 381 g/mol. The summed E-state index contributed by atoms with van der Waals surface area (Å²) < 4.78 is 5.07. The molecule has 7 heteroatoms. The molecule has 0 spiro atoms. The summed E-state index contributed by atoms with van der Waals surface area (Å²) in [5.74, 6) is -0.0323. The molecular weight excluding hydrogens is 363 g/mol. The van der Waals surface area contributed by atoms with Gasteiger partial charge in [0.2, 0.25) is 11.8 Å². The van der Waals surface area contributed by atoms with Crippen LogP contribution in [0.5, 0.6) is 5.75 Å². The van der Waals surface area contributed by atoms with Gasteiger partial charge in [-0.1, -0.05) is 41.4 Å². The van der Waals surface area contributed by atoms with E-state index in [1.54, 1.807) is 24.3 Å². The first kappa shape index (κ1) is 19.1. The SMILES string of the molecule is COc1ccc(NC(=O)CN(Cc2ccccc2Cl)C(C)=O)cc1Cl. The standard InChI is InChI=1S/C18H18Cl2N2O3/c1-12(23)22(10-13-5-3-4-6-15(13)19)11-18(24)21-14-7-8-17(25-2)16(20)9-14/h3-9H,10-11H2,1-2H3,(H,21,24). The molecule has 5 nitrogen and oxygen atoms in total. The van der Waals surface area contributed by atoms with Gasteiger partial charge >= 0.3 is 0 Å². The van der Waals surface area contributed by atoms with Gasteiger partial charge in [-0.15, -0.1) is 0 Å². The number of hydrogen-bond donors (Lipinski definition) is 1. The van der Waals surface area contributed by atoms with E-state index >= 15 is 0 Å². The summed E-state index contributed by atoms with van der Waals surface area (Å²) in [6.07, 6.45) is 0. The molecule has 1 N–H and O–H groups in total. The number of amides is 2. The lowest BCUT2D eigenvalue weighted by Crippen LogP contribution is -2.36. The molecule has 0 atom stereocenters. The lowest BCUT2D eigenvalue weighted by atomic mass is 10.2. The maximum atomic E-state index is 12.3. The first-order valence-corrected chi connectivity index (χ1v) is 8.28. The maximum Gasteiger partial charge on any atom is 0.244 e. The summed E-state index contributed by atoms with van der Waals surface area (Å²) in [5.41, 5.74) is 1.30. The highest BCUT2D eigenvalue weighted by molar-refractivity contribution is 6.32. The molecule has 0 aliphatic heterocycles. The number of carbonyl (C=O) groups is 2. The van der Waals surface area contributed by atoms with Crippen molar-refractivity contribution >= 4 is 40.7 Å². The molecule has 2 aromatic rings. The molecular formula is C18H18Cl2N2O3. The molecule has 2 amide bonds. The van der Waals surface area contributed by atoms with E-state index in [1.807, 2.05) is 18.2 Å². The summed E-state index contributed by atoms with van der Waals surface area (Å²) in [6.45, 7) is 1.57. The van der Waals surface area contributed by atoms with Gasteiger partial charge in [0, 0.05) is 24.2 Å². The summed E-state index contributed by atoms with van der Waals surface area (Å²) >= 11 is 12.2. The molecule has 2 aromatic carbocycles. The fourth-order valence-corrected chi connectivity index (χ4v) is 2.68. The second-order valence-electron chi connectivity index (χ2n) is 5.36. The number of rotatable bonds is 6. The molecule has 0 unspecified atom stereocenters. The van der Waals surface area contributed by atoms with Crippen LogP contribution in [0.3, 0.4) is 0 Å². The molecule has 0 saturated heterocycles. The Kier molecular flexibility index (Phi) is 6.67. The van der Waals surface area contributed by atoms with Gasteiger partial charge in [-0.05, 0) is 29.8 Å². The first-order chi connectivity index (χ1) is 11.9. The lowest BCUT2D eigenvalue weighted by Gasteiger charge is -2.21. The number of carbonyl (C=O) groups excluding carboxylic acids is 2. The van der Waals surface area contributed by atoms with Crippen LogP contribution in [0.4, 0.5) is 5.69 Å². The van der Waals surface area contributed by atoms with E-state index in [0.29, 0.717) is 21.5 Å². The van der Waals surface area contributed by atoms with Crippen molar-refractivity contribution in [1.82, 2.24) is 4.90 Å². The third kappa shape index (κ3) is 5.37. The van der Waals surface area contributed by atoms with E-state index < -0.39 is 0 Å². The molecule has 0 radical (unpaired) electrons. The summed E-state index contributed by atoms with van der Waals surface area (Å²) in [5, 5.41) is 3.65. The first-order valence-electron chi connectivity index (χ1n) is 7.53. The highest BCUT2D eigenvalue weighted by Crippen LogP contribution is 2.27. The molecule has 0 aliphatic rings. The third-order valence-electron chi connectivity index (χ3n) is 3.53. The van der Waals surface area contributed by atoms with Crippen LogP contribution >= 0.6 is 23.2 Å². The van der Waals surface area contributed by atoms with E-state index in [1.165, 1.54) is 18.9 Å². The predicted octanol–water partition coefficient (Wildman–Crippen LogP) is 3.99. The van der Waals surface area contributed by atoms with Gasteiger partial charge in [0.05, 0.1) is 12.1 Å². The second kappa shape index (κ2) is 8.74. The molecule has 25 heavy (non-hydrogen) atoms. The van der Waals surface area contributed by atoms with E-state index in [2.05, 4.69) is 5.32 Å². The van der Waals surface area contributed by atoms with Crippen molar-refractivity contribution in [1.29, 1.82) is 0 Å². The van der Waals surface area contributed by atoms with E-state index in [-0.39, 0.29) is 24.9 Å². The Morgan fingerprint density at radius 3 is 2.44 bits per heavy atom. The maximum absolute atomic E-state index is 12.3. The van der Waals surface area contributed by atoms with Crippen molar-refractivity contribution in [3.05, 3.63) is 58.1 Å². The molecule has 132 valence electrons. The van der Waals surface area contributed by atoms with E-state index in [4.69, 9.17) is 27.9 Å². The molecule has 0 bridgehead atoms.